The van der Waals surface area contributed by atoms with Crippen LogP contribution in [0, 0.1) is 0 Å². The van der Waals surface area contributed by atoms with Gasteiger partial charge in [0.2, 0.25) is 0 Å². The molecule has 0 bridgehead atoms. The molecule has 0 saturated carbocycles. The summed E-state index contributed by atoms with van der Waals surface area (Å²) in [5.41, 5.74) is 0.264. The fourth-order valence-corrected chi connectivity index (χ4v) is 2.81. The van der Waals surface area contributed by atoms with E-state index in [1.165, 1.54) is 0 Å². The number of piperidine rings is 1. The van der Waals surface area contributed by atoms with Crippen molar-refractivity contribution in [1.82, 2.24) is 15.2 Å². The van der Waals surface area contributed by atoms with Gasteiger partial charge in [0.15, 0.2) is 0 Å². The van der Waals surface area contributed by atoms with E-state index in [1.54, 1.807) is 25.4 Å². The van der Waals surface area contributed by atoms with Crippen molar-refractivity contribution < 1.29 is 9.53 Å². The maximum Gasteiger partial charge on any atom is 0.271 e. The van der Waals surface area contributed by atoms with Gasteiger partial charge in [-0.25, -0.2) is 4.98 Å². The molecule has 1 aliphatic heterocycles. The van der Waals surface area contributed by atoms with Gasteiger partial charge < -0.3 is 10.1 Å². The minimum Gasteiger partial charge on any atom is -0.378 e. The second-order valence-corrected chi connectivity index (χ2v) is 5.97. The number of nitrogens with zero attached hydrogens (tertiary/aromatic N) is 2. The Balaban J connectivity index is 2.02. The van der Waals surface area contributed by atoms with Crippen molar-refractivity contribution >= 4 is 17.5 Å². The third-order valence-electron chi connectivity index (χ3n) is 3.91. The predicted molar refractivity (Wildman–Crippen MR) is 82.6 cm³/mol. The van der Waals surface area contributed by atoms with Gasteiger partial charge in [0, 0.05) is 32.4 Å². The molecule has 1 aromatic rings. The zero-order valence-electron chi connectivity index (χ0n) is 12.7. The molecule has 5 nitrogen and oxygen atoms in total. The monoisotopic (exact) mass is 311 g/mol. The maximum atomic E-state index is 12.3. The number of aromatic nitrogens is 1. The highest BCUT2D eigenvalue weighted by atomic mass is 35.5. The highest BCUT2D eigenvalue weighted by Crippen LogP contribution is 2.18. The molecule has 1 aromatic heterocycles. The molecular weight excluding hydrogens is 290 g/mol. The number of carbonyl (C=O) groups excluding carboxylic acids is 1. The molecule has 0 spiro atoms. The smallest absolute Gasteiger partial charge is 0.271 e. The third kappa shape index (κ3) is 3.93. The van der Waals surface area contributed by atoms with Crippen LogP contribution in [0.15, 0.2) is 18.3 Å². The summed E-state index contributed by atoms with van der Waals surface area (Å²) in [5.74, 6) is -0.245. The van der Waals surface area contributed by atoms with Crippen LogP contribution in [-0.2, 0) is 4.74 Å². The first-order chi connectivity index (χ1) is 10.0. The molecule has 116 valence electrons. The Bertz CT molecular complexity index is 496. The number of pyridine rings is 1. The topological polar surface area (TPSA) is 54.5 Å². The number of likely N-dealkylation sites (tertiary alicyclic amines) is 1. The molecule has 2 heterocycles. The van der Waals surface area contributed by atoms with Crippen molar-refractivity contribution in [3.63, 3.8) is 0 Å². The van der Waals surface area contributed by atoms with E-state index in [4.69, 9.17) is 16.3 Å². The fourth-order valence-electron chi connectivity index (χ4n) is 2.60. The van der Waals surface area contributed by atoms with Crippen LogP contribution in [0.4, 0.5) is 0 Å². The number of amides is 1. The van der Waals surface area contributed by atoms with Crippen LogP contribution >= 0.6 is 11.6 Å². The van der Waals surface area contributed by atoms with Gasteiger partial charge in [0.25, 0.3) is 5.91 Å². The molecule has 1 saturated heterocycles. The molecule has 1 aliphatic rings. The lowest BCUT2D eigenvalue weighted by atomic mass is 10.00. The van der Waals surface area contributed by atoms with Crippen LogP contribution in [0.5, 0.6) is 0 Å². The van der Waals surface area contributed by atoms with Gasteiger partial charge >= 0.3 is 0 Å². The molecule has 21 heavy (non-hydrogen) atoms. The van der Waals surface area contributed by atoms with E-state index in [1.807, 2.05) is 0 Å². The van der Waals surface area contributed by atoms with E-state index in [2.05, 4.69) is 29.0 Å². The Labute approximate surface area is 130 Å². The van der Waals surface area contributed by atoms with E-state index in [0.29, 0.717) is 11.1 Å². The number of hydrogen-bond donors (Lipinski definition) is 1. The Kier molecular flexibility index (Phi) is 5.56. The lowest BCUT2D eigenvalue weighted by Crippen LogP contribution is -2.56. The van der Waals surface area contributed by atoms with Crippen LogP contribution in [0.2, 0.25) is 5.02 Å². The Morgan fingerprint density at radius 3 is 2.95 bits per heavy atom. The molecule has 2 atom stereocenters. The summed E-state index contributed by atoms with van der Waals surface area (Å²) in [6, 6.07) is 3.83. The van der Waals surface area contributed by atoms with Gasteiger partial charge in [-0.15, -0.1) is 0 Å². The first-order valence-corrected chi connectivity index (χ1v) is 7.59. The van der Waals surface area contributed by atoms with Crippen molar-refractivity contribution in [1.29, 1.82) is 0 Å². The molecule has 2 rings (SSSR count). The summed E-state index contributed by atoms with van der Waals surface area (Å²) in [6.45, 7) is 6.09. The lowest BCUT2D eigenvalue weighted by molar-refractivity contribution is -0.00291. The SMILES string of the molecule is COC1CN(C(C)C)CCC1NC(=O)c1ncccc1Cl. The average molecular weight is 312 g/mol. The second kappa shape index (κ2) is 7.20. The number of ether oxygens (including phenoxy) is 1. The van der Waals surface area contributed by atoms with E-state index in [0.717, 1.165) is 19.5 Å². The van der Waals surface area contributed by atoms with Gasteiger partial charge in [-0.1, -0.05) is 11.6 Å². The first-order valence-electron chi connectivity index (χ1n) is 7.21. The number of methoxy groups -OCH3 is 1. The number of nitrogens with one attached hydrogen (secondary N) is 1. The van der Waals surface area contributed by atoms with Crippen molar-refractivity contribution in [2.45, 2.75) is 38.5 Å². The normalized spacial score (nSPS) is 23.3. The van der Waals surface area contributed by atoms with Crippen molar-refractivity contribution in [3.05, 3.63) is 29.0 Å². The van der Waals surface area contributed by atoms with Gasteiger partial charge in [0.1, 0.15) is 5.69 Å². The molecule has 1 fully saturated rings. The number of halogens is 1. The zero-order chi connectivity index (χ0) is 15.4. The Morgan fingerprint density at radius 1 is 1.57 bits per heavy atom. The van der Waals surface area contributed by atoms with Gasteiger partial charge in [0.05, 0.1) is 17.2 Å². The fraction of sp³-hybridized carbons (Fsp3) is 0.600. The molecule has 0 aromatic carbocycles. The summed E-state index contributed by atoms with van der Waals surface area (Å²) >= 11 is 6.01. The van der Waals surface area contributed by atoms with Crippen molar-refractivity contribution in [3.8, 4) is 0 Å². The van der Waals surface area contributed by atoms with E-state index < -0.39 is 0 Å². The highest BCUT2D eigenvalue weighted by Gasteiger charge is 2.31. The molecule has 1 N–H and O–H groups in total. The maximum absolute atomic E-state index is 12.3. The predicted octanol–water partition coefficient (Wildman–Crippen LogP) is 1.96. The molecule has 0 radical (unpaired) electrons. The minimum atomic E-state index is -0.245. The summed E-state index contributed by atoms with van der Waals surface area (Å²) in [5, 5.41) is 3.36. The molecule has 6 heteroatoms. The number of rotatable bonds is 4. The molecule has 0 aliphatic carbocycles. The van der Waals surface area contributed by atoms with Crippen LogP contribution in [0.25, 0.3) is 0 Å². The quantitative estimate of drug-likeness (QED) is 0.923. The second-order valence-electron chi connectivity index (χ2n) is 5.57. The van der Waals surface area contributed by atoms with Crippen molar-refractivity contribution in [2.24, 2.45) is 0 Å². The van der Waals surface area contributed by atoms with E-state index in [-0.39, 0.29) is 23.7 Å². The minimum absolute atomic E-state index is 0.0180. The highest BCUT2D eigenvalue weighted by molar-refractivity contribution is 6.33. The van der Waals surface area contributed by atoms with E-state index in [9.17, 15) is 4.79 Å². The van der Waals surface area contributed by atoms with Gasteiger partial charge in [-0.2, -0.15) is 0 Å². The molecule has 1 amide bonds. The number of carbonyl (C=O) groups is 1. The Hall–Kier alpha value is -1.17. The average Bonchev–Trinajstić information content (AvgIpc) is 2.47. The molecular formula is C15H22ClN3O2. The summed E-state index contributed by atoms with van der Waals surface area (Å²) in [7, 11) is 1.68. The van der Waals surface area contributed by atoms with Gasteiger partial charge in [-0.3, -0.25) is 9.69 Å². The standard InChI is InChI=1S/C15H22ClN3O2/c1-10(2)19-8-6-12(13(9-19)21-3)18-15(20)14-11(16)5-4-7-17-14/h4-5,7,10,12-13H,6,8-9H2,1-3H3,(H,18,20). The largest absolute Gasteiger partial charge is 0.378 e. The van der Waals surface area contributed by atoms with Crippen LogP contribution < -0.4 is 5.32 Å². The first kappa shape index (κ1) is 16.2. The van der Waals surface area contributed by atoms with Crippen LogP contribution in [-0.4, -0.2) is 54.2 Å². The van der Waals surface area contributed by atoms with E-state index >= 15 is 0 Å². The zero-order valence-corrected chi connectivity index (χ0v) is 13.4. The lowest BCUT2D eigenvalue weighted by Gasteiger charge is -2.39. The third-order valence-corrected chi connectivity index (χ3v) is 4.22. The van der Waals surface area contributed by atoms with Crippen molar-refractivity contribution in [2.75, 3.05) is 20.2 Å². The Morgan fingerprint density at radius 2 is 2.33 bits per heavy atom. The molecule has 2 unspecified atom stereocenters. The summed E-state index contributed by atoms with van der Waals surface area (Å²) in [4.78, 5) is 18.7. The van der Waals surface area contributed by atoms with Gasteiger partial charge in [-0.05, 0) is 32.4 Å². The van der Waals surface area contributed by atoms with Crippen LogP contribution in [0.3, 0.4) is 0 Å². The number of hydrogen-bond acceptors (Lipinski definition) is 4. The summed E-state index contributed by atoms with van der Waals surface area (Å²) in [6.07, 6.45) is 2.40. The summed E-state index contributed by atoms with van der Waals surface area (Å²) < 4.78 is 5.54. The van der Waals surface area contributed by atoms with Crippen LogP contribution in [0.1, 0.15) is 30.8 Å².